The van der Waals surface area contributed by atoms with Crippen molar-refractivity contribution in [1.82, 2.24) is 4.90 Å². The summed E-state index contributed by atoms with van der Waals surface area (Å²) in [6, 6.07) is 0. The summed E-state index contributed by atoms with van der Waals surface area (Å²) in [5.74, 6) is 0.450. The van der Waals surface area contributed by atoms with Gasteiger partial charge in [-0.3, -0.25) is 4.90 Å². The highest BCUT2D eigenvalue weighted by Crippen LogP contribution is 2.16. The monoisotopic (exact) mass is 175 g/mol. The molecule has 2 nitrogen and oxygen atoms in total. The molecule has 0 saturated carbocycles. The van der Waals surface area contributed by atoms with Gasteiger partial charge in [-0.1, -0.05) is 18.2 Å². The van der Waals surface area contributed by atoms with Crippen LogP contribution in [0, 0.1) is 5.92 Å². The Hall–Kier alpha value is -0.0500. The number of hydrogen-bond acceptors (Lipinski definition) is 2. The third-order valence-corrected chi connectivity index (χ3v) is 2.14. The van der Waals surface area contributed by atoms with Crippen molar-refractivity contribution >= 4 is 11.6 Å². The largest absolute Gasteiger partial charge is 0.396 e. The molecule has 1 heterocycles. The molecule has 1 fully saturated rings. The molecule has 1 aliphatic heterocycles. The van der Waals surface area contributed by atoms with Crippen molar-refractivity contribution in [2.75, 3.05) is 26.2 Å². The Balaban J connectivity index is 2.24. The van der Waals surface area contributed by atoms with E-state index in [4.69, 9.17) is 16.7 Å². The van der Waals surface area contributed by atoms with Gasteiger partial charge < -0.3 is 5.11 Å². The quantitative estimate of drug-likeness (QED) is 0.694. The first kappa shape index (κ1) is 9.04. The standard InChI is InChI=1S/C8H14ClNO/c1-7(9)4-10-3-2-8(5-10)6-11/h8,11H,1-6H2. The highest BCUT2D eigenvalue weighted by atomic mass is 35.5. The van der Waals surface area contributed by atoms with Crippen LogP contribution < -0.4 is 0 Å². The number of nitrogens with zero attached hydrogens (tertiary/aromatic N) is 1. The zero-order valence-electron chi connectivity index (χ0n) is 6.59. The Morgan fingerprint density at radius 1 is 1.73 bits per heavy atom. The van der Waals surface area contributed by atoms with Crippen molar-refractivity contribution in [3.63, 3.8) is 0 Å². The Labute approximate surface area is 72.5 Å². The van der Waals surface area contributed by atoms with Gasteiger partial charge in [-0.15, -0.1) is 0 Å². The minimum atomic E-state index is 0.297. The highest BCUT2D eigenvalue weighted by Gasteiger charge is 2.21. The van der Waals surface area contributed by atoms with Crippen LogP contribution in [0.15, 0.2) is 11.6 Å². The molecule has 3 heteroatoms. The smallest absolute Gasteiger partial charge is 0.0471 e. The summed E-state index contributed by atoms with van der Waals surface area (Å²) in [6.45, 7) is 6.69. The first-order valence-electron chi connectivity index (χ1n) is 3.89. The van der Waals surface area contributed by atoms with Gasteiger partial charge in [-0.25, -0.2) is 0 Å². The third kappa shape index (κ3) is 2.81. The van der Waals surface area contributed by atoms with E-state index in [0.717, 1.165) is 26.1 Å². The van der Waals surface area contributed by atoms with Gasteiger partial charge in [0.1, 0.15) is 0 Å². The number of rotatable bonds is 3. The first-order valence-corrected chi connectivity index (χ1v) is 4.26. The van der Waals surface area contributed by atoms with Gasteiger partial charge in [0.25, 0.3) is 0 Å². The Kier molecular flexibility index (Phi) is 3.37. The molecule has 0 bridgehead atoms. The number of aliphatic hydroxyl groups excluding tert-OH is 1. The van der Waals surface area contributed by atoms with E-state index in [2.05, 4.69) is 11.5 Å². The number of likely N-dealkylation sites (tertiary alicyclic amines) is 1. The zero-order valence-corrected chi connectivity index (χ0v) is 7.35. The molecule has 1 aliphatic rings. The molecule has 1 unspecified atom stereocenters. The van der Waals surface area contributed by atoms with Gasteiger partial charge in [0.2, 0.25) is 0 Å². The van der Waals surface area contributed by atoms with Crippen LogP contribution in [0.3, 0.4) is 0 Å². The minimum absolute atomic E-state index is 0.297. The van der Waals surface area contributed by atoms with E-state index in [0.29, 0.717) is 17.6 Å². The van der Waals surface area contributed by atoms with Crippen LogP contribution in [0.2, 0.25) is 0 Å². The van der Waals surface area contributed by atoms with Gasteiger partial charge in [0.05, 0.1) is 0 Å². The van der Waals surface area contributed by atoms with Crippen LogP contribution in [-0.4, -0.2) is 36.2 Å². The zero-order chi connectivity index (χ0) is 8.27. The molecule has 0 aromatic heterocycles. The third-order valence-electron chi connectivity index (χ3n) is 2.02. The van der Waals surface area contributed by atoms with Gasteiger partial charge in [-0.05, 0) is 18.9 Å². The summed E-state index contributed by atoms with van der Waals surface area (Å²) in [7, 11) is 0. The summed E-state index contributed by atoms with van der Waals surface area (Å²) < 4.78 is 0. The van der Waals surface area contributed by atoms with Crippen molar-refractivity contribution in [2.45, 2.75) is 6.42 Å². The van der Waals surface area contributed by atoms with Crippen LogP contribution in [-0.2, 0) is 0 Å². The van der Waals surface area contributed by atoms with Crippen LogP contribution in [0.1, 0.15) is 6.42 Å². The molecule has 11 heavy (non-hydrogen) atoms. The summed E-state index contributed by atoms with van der Waals surface area (Å²) in [6.07, 6.45) is 1.08. The van der Waals surface area contributed by atoms with Gasteiger partial charge in [0.15, 0.2) is 0 Å². The summed E-state index contributed by atoms with van der Waals surface area (Å²) in [5, 5.41) is 9.52. The van der Waals surface area contributed by atoms with Gasteiger partial charge in [0, 0.05) is 24.7 Å². The average molecular weight is 176 g/mol. The van der Waals surface area contributed by atoms with Gasteiger partial charge in [-0.2, -0.15) is 0 Å². The minimum Gasteiger partial charge on any atom is -0.396 e. The van der Waals surface area contributed by atoms with Crippen molar-refractivity contribution in [2.24, 2.45) is 5.92 Å². The lowest BCUT2D eigenvalue weighted by molar-refractivity contribution is 0.225. The van der Waals surface area contributed by atoms with Crippen molar-refractivity contribution in [3.8, 4) is 0 Å². The van der Waals surface area contributed by atoms with Crippen LogP contribution >= 0.6 is 11.6 Å². The molecular formula is C8H14ClNO. The van der Waals surface area contributed by atoms with E-state index >= 15 is 0 Å². The molecule has 1 rings (SSSR count). The maximum atomic E-state index is 8.84. The molecule has 64 valence electrons. The average Bonchev–Trinajstić information content (AvgIpc) is 2.34. The molecule has 0 spiro atoms. The molecule has 0 aliphatic carbocycles. The topological polar surface area (TPSA) is 23.5 Å². The maximum absolute atomic E-state index is 8.84. The van der Waals surface area contributed by atoms with E-state index in [1.807, 2.05) is 0 Å². The predicted molar refractivity (Wildman–Crippen MR) is 46.6 cm³/mol. The van der Waals surface area contributed by atoms with E-state index in [1.54, 1.807) is 0 Å². The molecular weight excluding hydrogens is 162 g/mol. The maximum Gasteiger partial charge on any atom is 0.0471 e. The van der Waals surface area contributed by atoms with Gasteiger partial charge >= 0.3 is 0 Å². The van der Waals surface area contributed by atoms with Crippen LogP contribution in [0.25, 0.3) is 0 Å². The van der Waals surface area contributed by atoms with E-state index in [9.17, 15) is 0 Å². The molecule has 1 N–H and O–H groups in total. The summed E-state index contributed by atoms with van der Waals surface area (Å²) >= 11 is 5.65. The van der Waals surface area contributed by atoms with Crippen molar-refractivity contribution in [3.05, 3.63) is 11.6 Å². The van der Waals surface area contributed by atoms with E-state index in [-0.39, 0.29) is 0 Å². The van der Waals surface area contributed by atoms with Crippen molar-refractivity contribution < 1.29 is 5.11 Å². The molecule has 1 saturated heterocycles. The lowest BCUT2D eigenvalue weighted by Gasteiger charge is -2.13. The Morgan fingerprint density at radius 3 is 2.91 bits per heavy atom. The fraction of sp³-hybridized carbons (Fsp3) is 0.750. The lowest BCUT2D eigenvalue weighted by Crippen LogP contribution is -2.22. The second kappa shape index (κ2) is 4.10. The first-order chi connectivity index (χ1) is 5.22. The summed E-state index contributed by atoms with van der Waals surface area (Å²) in [4.78, 5) is 2.22. The number of aliphatic hydroxyl groups is 1. The fourth-order valence-corrected chi connectivity index (χ4v) is 1.62. The van der Waals surface area contributed by atoms with E-state index < -0.39 is 0 Å². The number of hydrogen-bond donors (Lipinski definition) is 1. The highest BCUT2D eigenvalue weighted by molar-refractivity contribution is 6.29. The molecule has 0 radical (unpaired) electrons. The number of halogens is 1. The normalized spacial score (nSPS) is 25.8. The molecule has 0 aromatic rings. The summed E-state index contributed by atoms with van der Waals surface area (Å²) in [5.41, 5.74) is 0. The van der Waals surface area contributed by atoms with E-state index in [1.165, 1.54) is 0 Å². The fourth-order valence-electron chi connectivity index (χ4n) is 1.45. The predicted octanol–water partition coefficient (Wildman–Crippen LogP) is 1.05. The lowest BCUT2D eigenvalue weighted by atomic mass is 10.1. The molecule has 1 atom stereocenters. The Bertz CT molecular complexity index is 149. The molecule has 0 amide bonds. The van der Waals surface area contributed by atoms with Crippen LogP contribution in [0.4, 0.5) is 0 Å². The Morgan fingerprint density at radius 2 is 2.45 bits per heavy atom. The second-order valence-electron chi connectivity index (χ2n) is 3.09. The second-order valence-corrected chi connectivity index (χ2v) is 3.62. The van der Waals surface area contributed by atoms with Crippen LogP contribution in [0.5, 0.6) is 0 Å². The molecule has 0 aromatic carbocycles. The van der Waals surface area contributed by atoms with Crippen molar-refractivity contribution in [1.29, 1.82) is 0 Å². The SMILES string of the molecule is C=C(Cl)CN1CCC(CO)C1.